The summed E-state index contributed by atoms with van der Waals surface area (Å²) in [6.45, 7) is 8.36. The van der Waals surface area contributed by atoms with Gasteiger partial charge in [-0.15, -0.1) is 0 Å². The minimum absolute atomic E-state index is 0.267. The van der Waals surface area contributed by atoms with Crippen molar-refractivity contribution in [3.05, 3.63) is 29.8 Å². The molecule has 0 aliphatic rings. The Balaban J connectivity index is 2.39. The lowest BCUT2D eigenvalue weighted by atomic mass is 10.2. The van der Waals surface area contributed by atoms with E-state index in [1.54, 1.807) is 31.4 Å². The Kier molecular flexibility index (Phi) is 7.79. The van der Waals surface area contributed by atoms with Gasteiger partial charge in [0.25, 0.3) is 0 Å². The zero-order valence-corrected chi connectivity index (χ0v) is 13.0. The quantitative estimate of drug-likeness (QED) is 0.718. The van der Waals surface area contributed by atoms with E-state index in [9.17, 15) is 4.79 Å². The number of carboxylic acids is 1. The molecule has 0 spiro atoms. The van der Waals surface area contributed by atoms with Gasteiger partial charge in [-0.1, -0.05) is 13.8 Å². The second kappa shape index (κ2) is 9.37. The van der Waals surface area contributed by atoms with Gasteiger partial charge in [-0.2, -0.15) is 0 Å². The number of ether oxygens (including phenoxy) is 2. The number of benzene rings is 1. The molecule has 0 saturated heterocycles. The summed E-state index contributed by atoms with van der Waals surface area (Å²) in [5, 5.41) is 8.83. The Bertz CT molecular complexity index is 417. The molecular weight excluding hydrogens is 270 g/mol. The van der Waals surface area contributed by atoms with E-state index >= 15 is 0 Å². The summed E-state index contributed by atoms with van der Waals surface area (Å²) < 4.78 is 10.8. The largest absolute Gasteiger partial charge is 0.492 e. The van der Waals surface area contributed by atoms with Gasteiger partial charge in [-0.05, 0) is 30.2 Å². The molecule has 0 unspecified atom stereocenters. The van der Waals surface area contributed by atoms with E-state index < -0.39 is 5.97 Å². The molecule has 1 aromatic carbocycles. The number of hydrogen-bond donors (Lipinski definition) is 1. The summed E-state index contributed by atoms with van der Waals surface area (Å²) in [5.41, 5.74) is 0.267. The highest BCUT2D eigenvalue weighted by Crippen LogP contribution is 2.12. The van der Waals surface area contributed by atoms with Crippen LogP contribution in [0.15, 0.2) is 24.3 Å². The smallest absolute Gasteiger partial charge is 0.335 e. The fourth-order valence-corrected chi connectivity index (χ4v) is 2.02. The second-order valence-corrected chi connectivity index (χ2v) is 5.37. The van der Waals surface area contributed by atoms with Gasteiger partial charge in [0, 0.05) is 26.7 Å². The first-order valence-electron chi connectivity index (χ1n) is 7.20. The molecule has 5 nitrogen and oxygen atoms in total. The van der Waals surface area contributed by atoms with Crippen LogP contribution in [0.25, 0.3) is 0 Å². The van der Waals surface area contributed by atoms with Gasteiger partial charge in [0.15, 0.2) is 0 Å². The minimum atomic E-state index is -0.927. The van der Waals surface area contributed by atoms with Crippen molar-refractivity contribution in [3.8, 4) is 5.75 Å². The number of hydrogen-bond acceptors (Lipinski definition) is 4. The maximum atomic E-state index is 10.8. The first kappa shape index (κ1) is 17.5. The van der Waals surface area contributed by atoms with Gasteiger partial charge < -0.3 is 14.6 Å². The topological polar surface area (TPSA) is 59.0 Å². The average Bonchev–Trinajstić information content (AvgIpc) is 2.44. The van der Waals surface area contributed by atoms with E-state index in [0.717, 1.165) is 19.6 Å². The molecule has 5 heteroatoms. The van der Waals surface area contributed by atoms with E-state index in [1.807, 2.05) is 0 Å². The molecule has 21 heavy (non-hydrogen) atoms. The number of nitrogens with zero attached hydrogens (tertiary/aromatic N) is 1. The Morgan fingerprint density at radius 2 is 1.81 bits per heavy atom. The van der Waals surface area contributed by atoms with Crippen LogP contribution in [0.5, 0.6) is 5.75 Å². The van der Waals surface area contributed by atoms with Crippen molar-refractivity contribution >= 4 is 5.97 Å². The summed E-state index contributed by atoms with van der Waals surface area (Å²) in [4.78, 5) is 13.1. The van der Waals surface area contributed by atoms with Gasteiger partial charge >= 0.3 is 5.97 Å². The molecule has 0 fully saturated rings. The first-order valence-corrected chi connectivity index (χ1v) is 7.20. The van der Waals surface area contributed by atoms with Gasteiger partial charge in [-0.3, -0.25) is 4.90 Å². The third kappa shape index (κ3) is 7.11. The van der Waals surface area contributed by atoms with Crippen LogP contribution in [0.2, 0.25) is 0 Å². The molecule has 0 aromatic heterocycles. The van der Waals surface area contributed by atoms with Crippen molar-refractivity contribution in [2.45, 2.75) is 13.8 Å². The third-order valence-corrected chi connectivity index (χ3v) is 3.01. The summed E-state index contributed by atoms with van der Waals surface area (Å²) in [7, 11) is 1.70. The Morgan fingerprint density at radius 3 is 2.33 bits per heavy atom. The minimum Gasteiger partial charge on any atom is -0.492 e. The number of aromatic carboxylic acids is 1. The van der Waals surface area contributed by atoms with Gasteiger partial charge in [0.2, 0.25) is 0 Å². The van der Waals surface area contributed by atoms with Crippen LogP contribution in [-0.2, 0) is 4.74 Å². The standard InChI is InChI=1S/C16H25NO4/c1-13(2)12-17(8-10-20-3)9-11-21-15-6-4-14(5-7-15)16(18)19/h4-7,13H,8-12H2,1-3H3,(H,18,19). The van der Waals surface area contributed by atoms with Gasteiger partial charge in [0.1, 0.15) is 12.4 Å². The van der Waals surface area contributed by atoms with Crippen LogP contribution in [0.4, 0.5) is 0 Å². The van der Waals surface area contributed by atoms with E-state index in [0.29, 0.717) is 24.9 Å². The highest BCUT2D eigenvalue weighted by molar-refractivity contribution is 5.87. The predicted molar refractivity (Wildman–Crippen MR) is 82.1 cm³/mol. The van der Waals surface area contributed by atoms with Crippen molar-refractivity contribution < 1.29 is 19.4 Å². The summed E-state index contributed by atoms with van der Waals surface area (Å²) in [6, 6.07) is 6.47. The highest BCUT2D eigenvalue weighted by atomic mass is 16.5. The van der Waals surface area contributed by atoms with Crippen molar-refractivity contribution in [2.75, 3.05) is 40.0 Å². The molecule has 0 heterocycles. The number of rotatable bonds is 10. The molecule has 118 valence electrons. The fourth-order valence-electron chi connectivity index (χ4n) is 2.02. The number of carbonyl (C=O) groups is 1. The maximum absolute atomic E-state index is 10.8. The van der Waals surface area contributed by atoms with Gasteiger partial charge in [0.05, 0.1) is 12.2 Å². The molecule has 0 aliphatic heterocycles. The zero-order chi connectivity index (χ0) is 15.7. The van der Waals surface area contributed by atoms with Crippen LogP contribution >= 0.6 is 0 Å². The zero-order valence-electron chi connectivity index (χ0n) is 13.0. The third-order valence-electron chi connectivity index (χ3n) is 3.01. The number of methoxy groups -OCH3 is 1. The van der Waals surface area contributed by atoms with E-state index in [2.05, 4.69) is 18.7 Å². The lowest BCUT2D eigenvalue weighted by Gasteiger charge is -2.23. The Labute approximate surface area is 126 Å². The summed E-state index contributed by atoms with van der Waals surface area (Å²) >= 11 is 0. The Morgan fingerprint density at radius 1 is 1.19 bits per heavy atom. The van der Waals surface area contributed by atoms with Crippen LogP contribution in [0.3, 0.4) is 0 Å². The van der Waals surface area contributed by atoms with Crippen LogP contribution in [0, 0.1) is 5.92 Å². The normalized spacial score (nSPS) is 11.1. The monoisotopic (exact) mass is 295 g/mol. The van der Waals surface area contributed by atoms with Crippen molar-refractivity contribution in [3.63, 3.8) is 0 Å². The lowest BCUT2D eigenvalue weighted by molar-refractivity contribution is 0.0697. The SMILES string of the molecule is COCCN(CCOc1ccc(C(=O)O)cc1)CC(C)C. The molecule has 1 aromatic rings. The molecule has 0 amide bonds. The van der Waals surface area contributed by atoms with Crippen molar-refractivity contribution in [2.24, 2.45) is 5.92 Å². The van der Waals surface area contributed by atoms with Gasteiger partial charge in [-0.25, -0.2) is 4.79 Å². The highest BCUT2D eigenvalue weighted by Gasteiger charge is 2.08. The van der Waals surface area contributed by atoms with E-state index in [-0.39, 0.29) is 5.56 Å². The average molecular weight is 295 g/mol. The Hall–Kier alpha value is -1.59. The molecule has 1 rings (SSSR count). The fraction of sp³-hybridized carbons (Fsp3) is 0.562. The van der Waals surface area contributed by atoms with Crippen molar-refractivity contribution in [1.82, 2.24) is 4.90 Å². The number of carboxylic acid groups (broad SMARTS) is 1. The lowest BCUT2D eigenvalue weighted by Crippen LogP contribution is -2.34. The first-order chi connectivity index (χ1) is 10.0. The summed E-state index contributed by atoms with van der Waals surface area (Å²) in [6.07, 6.45) is 0. The van der Waals surface area contributed by atoms with Crippen LogP contribution in [0.1, 0.15) is 24.2 Å². The van der Waals surface area contributed by atoms with Crippen LogP contribution < -0.4 is 4.74 Å². The van der Waals surface area contributed by atoms with Crippen molar-refractivity contribution in [1.29, 1.82) is 0 Å². The maximum Gasteiger partial charge on any atom is 0.335 e. The van der Waals surface area contributed by atoms with E-state index in [4.69, 9.17) is 14.6 Å². The molecule has 0 bridgehead atoms. The predicted octanol–water partition coefficient (Wildman–Crippen LogP) is 2.37. The molecule has 1 N–H and O–H groups in total. The van der Waals surface area contributed by atoms with Crippen LogP contribution in [-0.4, -0.2) is 55.9 Å². The molecular formula is C16H25NO4. The second-order valence-electron chi connectivity index (χ2n) is 5.37. The molecule has 0 radical (unpaired) electrons. The molecule has 0 atom stereocenters. The molecule has 0 aliphatic carbocycles. The molecule has 0 saturated carbocycles. The van der Waals surface area contributed by atoms with E-state index in [1.165, 1.54) is 0 Å². The summed E-state index contributed by atoms with van der Waals surface area (Å²) in [5.74, 6) is 0.358.